The molecule has 0 aromatic rings. The van der Waals surface area contributed by atoms with Crippen molar-refractivity contribution in [3.8, 4) is 0 Å². The predicted molar refractivity (Wildman–Crippen MR) is 53.8 cm³/mol. The van der Waals surface area contributed by atoms with Gasteiger partial charge in [0.15, 0.2) is 0 Å². The molecule has 0 saturated carbocycles. The second-order valence-corrected chi connectivity index (χ2v) is 3.45. The fraction of sp³-hybridized carbons (Fsp3) is 0.700. The number of nitrogens with zero attached hydrogens (tertiary/aromatic N) is 1. The molecule has 0 aromatic heterocycles. The van der Waals surface area contributed by atoms with Gasteiger partial charge in [0.05, 0.1) is 0 Å². The fourth-order valence-electron chi connectivity index (χ4n) is 1.05. The largest absolute Gasteiger partial charge is 0.478 e. The van der Waals surface area contributed by atoms with Gasteiger partial charge in [0, 0.05) is 5.57 Å². The Morgan fingerprint density at radius 1 is 1.31 bits per heavy atom. The molecular formula is C10H19NO2. The number of rotatable bonds is 1. The zero-order chi connectivity index (χ0) is 10.3. The smallest absolute Gasteiger partial charge is 0.330 e. The maximum Gasteiger partial charge on any atom is 0.330 e. The summed E-state index contributed by atoms with van der Waals surface area (Å²) < 4.78 is 0. The van der Waals surface area contributed by atoms with Gasteiger partial charge in [0.25, 0.3) is 0 Å². The first-order valence-electron chi connectivity index (χ1n) is 4.61. The summed E-state index contributed by atoms with van der Waals surface area (Å²) >= 11 is 0. The fourth-order valence-corrected chi connectivity index (χ4v) is 1.05. The van der Waals surface area contributed by atoms with E-state index in [0.717, 1.165) is 0 Å². The summed E-state index contributed by atoms with van der Waals surface area (Å²) in [6, 6.07) is 0. The van der Waals surface area contributed by atoms with Crippen molar-refractivity contribution in [1.82, 2.24) is 4.90 Å². The van der Waals surface area contributed by atoms with E-state index in [1.807, 2.05) is 0 Å². The molecule has 0 aliphatic carbocycles. The van der Waals surface area contributed by atoms with E-state index in [9.17, 15) is 4.79 Å². The van der Waals surface area contributed by atoms with E-state index >= 15 is 0 Å². The van der Waals surface area contributed by atoms with Crippen LogP contribution in [0.15, 0.2) is 12.2 Å². The van der Waals surface area contributed by atoms with Crippen LogP contribution in [-0.2, 0) is 4.79 Å². The van der Waals surface area contributed by atoms with Crippen LogP contribution in [0.1, 0.15) is 26.2 Å². The highest BCUT2D eigenvalue weighted by Crippen LogP contribution is 2.04. The Morgan fingerprint density at radius 2 is 1.69 bits per heavy atom. The van der Waals surface area contributed by atoms with Gasteiger partial charge in [-0.05, 0) is 39.9 Å². The molecule has 3 nitrogen and oxygen atoms in total. The molecule has 13 heavy (non-hydrogen) atoms. The minimum absolute atomic E-state index is 0.176. The molecule has 0 bridgehead atoms. The van der Waals surface area contributed by atoms with E-state index in [1.165, 1.54) is 39.3 Å². The van der Waals surface area contributed by atoms with Crippen LogP contribution in [0, 0.1) is 0 Å². The van der Waals surface area contributed by atoms with Gasteiger partial charge in [-0.25, -0.2) is 4.79 Å². The molecule has 3 heteroatoms. The first-order chi connectivity index (χ1) is 6.04. The number of carboxylic acid groups (broad SMARTS) is 1. The van der Waals surface area contributed by atoms with Gasteiger partial charge in [-0.3, -0.25) is 0 Å². The lowest BCUT2D eigenvalue weighted by Gasteiger charge is -2.20. The number of carbonyl (C=O) groups is 1. The summed E-state index contributed by atoms with van der Waals surface area (Å²) in [6.07, 6.45) is 4.28. The van der Waals surface area contributed by atoms with Crippen molar-refractivity contribution in [1.29, 1.82) is 0 Å². The minimum Gasteiger partial charge on any atom is -0.478 e. The van der Waals surface area contributed by atoms with Crippen LogP contribution in [0.2, 0.25) is 0 Å². The Bertz CT molecular complexity index is 160. The van der Waals surface area contributed by atoms with Crippen LogP contribution in [0.25, 0.3) is 0 Å². The molecule has 1 aliphatic heterocycles. The van der Waals surface area contributed by atoms with Crippen LogP contribution in [0.3, 0.4) is 0 Å². The molecule has 1 N–H and O–H groups in total. The number of hydrogen-bond acceptors (Lipinski definition) is 2. The number of carboxylic acids is 1. The molecule has 0 radical (unpaired) electrons. The standard InChI is InChI=1S/C6H13N.C4H6O2/c1-7-5-3-2-4-6-7;1-3(2)4(5)6/h2-6H2,1H3;1H2,2H3,(H,5,6). The van der Waals surface area contributed by atoms with Crippen LogP contribution >= 0.6 is 0 Å². The highest BCUT2D eigenvalue weighted by atomic mass is 16.4. The number of aliphatic carboxylic acids is 1. The summed E-state index contributed by atoms with van der Waals surface area (Å²) in [5.41, 5.74) is 0.176. The van der Waals surface area contributed by atoms with Crippen molar-refractivity contribution in [2.45, 2.75) is 26.2 Å². The van der Waals surface area contributed by atoms with Crippen LogP contribution in [0.4, 0.5) is 0 Å². The lowest BCUT2D eigenvalue weighted by atomic mass is 10.1. The highest BCUT2D eigenvalue weighted by Gasteiger charge is 2.02. The second-order valence-electron chi connectivity index (χ2n) is 3.45. The van der Waals surface area contributed by atoms with Crippen molar-refractivity contribution in [2.24, 2.45) is 0 Å². The van der Waals surface area contributed by atoms with Crippen LogP contribution < -0.4 is 0 Å². The zero-order valence-corrected chi connectivity index (χ0v) is 8.55. The summed E-state index contributed by atoms with van der Waals surface area (Å²) in [4.78, 5) is 12.0. The Hall–Kier alpha value is -0.830. The monoisotopic (exact) mass is 185 g/mol. The molecule has 1 rings (SSSR count). The first-order valence-corrected chi connectivity index (χ1v) is 4.61. The number of piperidine rings is 1. The first kappa shape index (κ1) is 12.2. The van der Waals surface area contributed by atoms with Crippen LogP contribution in [0.5, 0.6) is 0 Å². The molecular weight excluding hydrogens is 166 g/mol. The van der Waals surface area contributed by atoms with Gasteiger partial charge in [0.1, 0.15) is 0 Å². The van der Waals surface area contributed by atoms with E-state index in [0.29, 0.717) is 0 Å². The zero-order valence-electron chi connectivity index (χ0n) is 8.55. The molecule has 0 unspecified atom stereocenters. The van der Waals surface area contributed by atoms with Gasteiger partial charge >= 0.3 is 5.97 Å². The van der Waals surface area contributed by atoms with Crippen molar-refractivity contribution < 1.29 is 9.90 Å². The average Bonchev–Trinajstić information content (AvgIpc) is 2.06. The van der Waals surface area contributed by atoms with Gasteiger partial charge < -0.3 is 10.0 Å². The van der Waals surface area contributed by atoms with Gasteiger partial charge in [-0.15, -0.1) is 0 Å². The van der Waals surface area contributed by atoms with Gasteiger partial charge in [0.2, 0.25) is 0 Å². The Balaban J connectivity index is 0.000000226. The van der Waals surface area contributed by atoms with Crippen molar-refractivity contribution in [2.75, 3.05) is 20.1 Å². The van der Waals surface area contributed by atoms with Gasteiger partial charge in [-0.2, -0.15) is 0 Å². The molecule has 76 valence electrons. The lowest BCUT2D eigenvalue weighted by Crippen LogP contribution is -2.24. The quantitative estimate of drug-likeness (QED) is 0.633. The summed E-state index contributed by atoms with van der Waals surface area (Å²) in [6.45, 7) is 7.24. The lowest BCUT2D eigenvalue weighted by molar-refractivity contribution is -0.132. The third-order valence-electron chi connectivity index (χ3n) is 1.94. The van der Waals surface area contributed by atoms with Gasteiger partial charge in [-0.1, -0.05) is 13.0 Å². The topological polar surface area (TPSA) is 40.5 Å². The Kier molecular flexibility index (Phi) is 6.24. The van der Waals surface area contributed by atoms with E-state index in [1.54, 1.807) is 0 Å². The van der Waals surface area contributed by atoms with Crippen molar-refractivity contribution >= 4 is 5.97 Å². The molecule has 1 saturated heterocycles. The minimum atomic E-state index is -0.935. The van der Waals surface area contributed by atoms with Crippen molar-refractivity contribution in [3.63, 3.8) is 0 Å². The number of hydrogen-bond donors (Lipinski definition) is 1. The molecule has 0 atom stereocenters. The molecule has 0 aromatic carbocycles. The third kappa shape index (κ3) is 7.53. The average molecular weight is 185 g/mol. The summed E-state index contributed by atoms with van der Waals surface area (Å²) in [7, 11) is 2.19. The Morgan fingerprint density at radius 3 is 1.85 bits per heavy atom. The van der Waals surface area contributed by atoms with Crippen molar-refractivity contribution in [3.05, 3.63) is 12.2 Å². The molecule has 1 aliphatic rings. The van der Waals surface area contributed by atoms with E-state index in [2.05, 4.69) is 18.5 Å². The van der Waals surface area contributed by atoms with E-state index in [-0.39, 0.29) is 5.57 Å². The summed E-state index contributed by atoms with van der Waals surface area (Å²) in [5, 5.41) is 7.89. The molecule has 0 amide bonds. The SMILES string of the molecule is C=C(C)C(=O)O.CN1CCCCC1. The summed E-state index contributed by atoms with van der Waals surface area (Å²) in [5.74, 6) is -0.935. The number of likely N-dealkylation sites (tertiary alicyclic amines) is 1. The maximum absolute atomic E-state index is 9.60. The normalized spacial score (nSPS) is 17.1. The van der Waals surface area contributed by atoms with E-state index in [4.69, 9.17) is 5.11 Å². The predicted octanol–water partition coefficient (Wildman–Crippen LogP) is 1.75. The molecule has 1 fully saturated rings. The maximum atomic E-state index is 9.60. The van der Waals surface area contributed by atoms with Crippen LogP contribution in [-0.4, -0.2) is 36.1 Å². The molecule has 0 spiro atoms. The highest BCUT2D eigenvalue weighted by molar-refractivity contribution is 5.84. The third-order valence-corrected chi connectivity index (χ3v) is 1.94. The van der Waals surface area contributed by atoms with E-state index < -0.39 is 5.97 Å². The Labute approximate surface area is 80.0 Å². The second kappa shape index (κ2) is 6.66. The molecule has 1 heterocycles.